The van der Waals surface area contributed by atoms with E-state index in [-0.39, 0.29) is 30.0 Å². The fourth-order valence-electron chi connectivity index (χ4n) is 3.34. The van der Waals surface area contributed by atoms with Crippen LogP contribution in [0, 0.1) is 0 Å². The number of hydrogen-bond donors (Lipinski definition) is 2. The summed E-state index contributed by atoms with van der Waals surface area (Å²) in [5, 5.41) is 14.9. The van der Waals surface area contributed by atoms with Crippen LogP contribution in [0.15, 0.2) is 53.7 Å². The molecule has 0 radical (unpaired) electrons. The number of amides is 2. The van der Waals surface area contributed by atoms with E-state index < -0.39 is 0 Å². The molecule has 3 rings (SSSR count). The topological polar surface area (TPSA) is 107 Å². The molecule has 0 aliphatic heterocycles. The first-order valence-corrected chi connectivity index (χ1v) is 11.8. The smallest absolute Gasteiger partial charge is 0.234 e. The highest BCUT2D eigenvalue weighted by atomic mass is 32.2. The van der Waals surface area contributed by atoms with Crippen LogP contribution in [0.1, 0.15) is 31.3 Å². The first-order valence-electron chi connectivity index (χ1n) is 10.9. The van der Waals surface area contributed by atoms with Crippen molar-refractivity contribution < 1.29 is 19.1 Å². The molecule has 2 N–H and O–H groups in total. The van der Waals surface area contributed by atoms with E-state index in [1.807, 2.05) is 54.8 Å². The molecule has 2 amide bonds. The number of ether oxygens (including phenoxy) is 2. The lowest BCUT2D eigenvalue weighted by Crippen LogP contribution is -2.30. The van der Waals surface area contributed by atoms with Gasteiger partial charge in [-0.05, 0) is 43.7 Å². The molecular weight excluding hydrogens is 454 g/mol. The van der Waals surface area contributed by atoms with Gasteiger partial charge in [0.2, 0.25) is 11.8 Å². The largest absolute Gasteiger partial charge is 0.497 e. The Hall–Kier alpha value is -3.53. The predicted molar refractivity (Wildman–Crippen MR) is 131 cm³/mol. The third kappa shape index (κ3) is 6.74. The molecule has 34 heavy (non-hydrogen) atoms. The molecule has 9 nitrogen and oxygen atoms in total. The van der Waals surface area contributed by atoms with Gasteiger partial charge in [-0.1, -0.05) is 30.0 Å². The number of rotatable bonds is 11. The second-order valence-corrected chi connectivity index (χ2v) is 8.41. The molecule has 180 valence electrons. The maximum atomic E-state index is 12.5. The summed E-state index contributed by atoms with van der Waals surface area (Å²) in [6.07, 6.45) is 0.251. The van der Waals surface area contributed by atoms with Crippen LogP contribution in [0.3, 0.4) is 0 Å². The zero-order valence-electron chi connectivity index (χ0n) is 19.7. The van der Waals surface area contributed by atoms with Crippen molar-refractivity contribution in [1.29, 1.82) is 0 Å². The highest BCUT2D eigenvalue weighted by Crippen LogP contribution is 2.22. The van der Waals surface area contributed by atoms with Crippen LogP contribution in [0.4, 0.5) is 5.69 Å². The predicted octanol–water partition coefficient (Wildman–Crippen LogP) is 3.47. The SMILES string of the molecule is CCn1c(SCC(=O)Nc2cccc(OC)c2)nnc1[C@@H](C)NC(=O)Cc1ccc(OC)cc1. The van der Waals surface area contributed by atoms with Gasteiger partial charge < -0.3 is 24.7 Å². The average molecular weight is 484 g/mol. The van der Waals surface area contributed by atoms with Crippen molar-refractivity contribution in [3.63, 3.8) is 0 Å². The number of benzene rings is 2. The number of carbonyl (C=O) groups is 2. The van der Waals surface area contributed by atoms with Crippen molar-refractivity contribution in [2.75, 3.05) is 25.3 Å². The second kappa shape index (κ2) is 12.1. The van der Waals surface area contributed by atoms with Gasteiger partial charge in [0.25, 0.3) is 0 Å². The highest BCUT2D eigenvalue weighted by molar-refractivity contribution is 7.99. The van der Waals surface area contributed by atoms with Crippen LogP contribution in [-0.4, -0.2) is 46.6 Å². The standard InChI is InChI=1S/C24H29N5O4S/c1-5-29-23(16(2)25-21(30)13-17-9-11-19(32-3)12-10-17)27-28-24(29)34-15-22(31)26-18-7-6-8-20(14-18)33-4/h6-12,14,16H,5,13,15H2,1-4H3,(H,25,30)(H,26,31)/t16-/m1/s1. The van der Waals surface area contributed by atoms with Crippen LogP contribution in [0.25, 0.3) is 0 Å². The fraction of sp³-hybridized carbons (Fsp3) is 0.333. The first kappa shape index (κ1) is 25.1. The third-order valence-electron chi connectivity index (χ3n) is 5.04. The van der Waals surface area contributed by atoms with Crippen molar-refractivity contribution in [1.82, 2.24) is 20.1 Å². The summed E-state index contributed by atoms with van der Waals surface area (Å²) in [5.41, 5.74) is 1.55. The van der Waals surface area contributed by atoms with E-state index in [4.69, 9.17) is 9.47 Å². The highest BCUT2D eigenvalue weighted by Gasteiger charge is 2.20. The minimum absolute atomic E-state index is 0.116. The van der Waals surface area contributed by atoms with Crippen LogP contribution >= 0.6 is 11.8 Å². The Kier molecular flexibility index (Phi) is 8.92. The molecule has 0 fully saturated rings. The van der Waals surface area contributed by atoms with Crippen LogP contribution in [-0.2, 0) is 22.6 Å². The Balaban J connectivity index is 1.56. The maximum absolute atomic E-state index is 12.5. The average Bonchev–Trinajstić information content (AvgIpc) is 3.26. The summed E-state index contributed by atoms with van der Waals surface area (Å²) < 4.78 is 12.2. The summed E-state index contributed by atoms with van der Waals surface area (Å²) >= 11 is 1.29. The molecule has 2 aromatic carbocycles. The van der Waals surface area contributed by atoms with E-state index in [0.29, 0.717) is 29.0 Å². The Labute approximate surface area is 203 Å². The van der Waals surface area contributed by atoms with Crippen LogP contribution in [0.2, 0.25) is 0 Å². The molecule has 1 atom stereocenters. The Morgan fingerprint density at radius 1 is 1.03 bits per heavy atom. The number of nitrogens with zero attached hydrogens (tertiary/aromatic N) is 3. The van der Waals surface area contributed by atoms with Gasteiger partial charge in [-0.15, -0.1) is 10.2 Å². The minimum atomic E-state index is -0.335. The van der Waals surface area contributed by atoms with Crippen molar-refractivity contribution in [3.8, 4) is 11.5 Å². The Morgan fingerprint density at radius 3 is 2.44 bits per heavy atom. The lowest BCUT2D eigenvalue weighted by atomic mass is 10.1. The van der Waals surface area contributed by atoms with Gasteiger partial charge in [-0.2, -0.15) is 0 Å². The molecule has 10 heteroatoms. The van der Waals surface area contributed by atoms with Gasteiger partial charge >= 0.3 is 0 Å². The van der Waals surface area contributed by atoms with E-state index in [2.05, 4.69) is 20.8 Å². The fourth-order valence-corrected chi connectivity index (χ4v) is 4.15. The van der Waals surface area contributed by atoms with E-state index >= 15 is 0 Å². The van der Waals surface area contributed by atoms with Crippen LogP contribution < -0.4 is 20.1 Å². The van der Waals surface area contributed by atoms with Gasteiger partial charge in [0.1, 0.15) is 11.5 Å². The quantitative estimate of drug-likeness (QED) is 0.402. The number of nitrogens with one attached hydrogen (secondary N) is 2. The third-order valence-corrected chi connectivity index (χ3v) is 6.00. The van der Waals surface area contributed by atoms with E-state index in [0.717, 1.165) is 11.3 Å². The van der Waals surface area contributed by atoms with E-state index in [1.54, 1.807) is 26.4 Å². The molecule has 0 aliphatic rings. The number of aromatic nitrogens is 3. The molecule has 0 unspecified atom stereocenters. The van der Waals surface area contributed by atoms with E-state index in [9.17, 15) is 9.59 Å². The Bertz CT molecular complexity index is 1120. The number of carbonyl (C=O) groups excluding carboxylic acids is 2. The number of methoxy groups -OCH3 is 2. The summed E-state index contributed by atoms with van der Waals surface area (Å²) in [6, 6.07) is 14.2. The van der Waals surface area contributed by atoms with Gasteiger partial charge in [0.15, 0.2) is 11.0 Å². The maximum Gasteiger partial charge on any atom is 0.234 e. The van der Waals surface area contributed by atoms with Crippen molar-refractivity contribution in [2.45, 2.75) is 38.0 Å². The van der Waals surface area contributed by atoms with Gasteiger partial charge in [0, 0.05) is 18.3 Å². The summed E-state index contributed by atoms with van der Waals surface area (Å²) in [4.78, 5) is 24.9. The number of anilines is 1. The lowest BCUT2D eigenvalue weighted by Gasteiger charge is -2.15. The van der Waals surface area contributed by atoms with Crippen molar-refractivity contribution in [2.24, 2.45) is 0 Å². The van der Waals surface area contributed by atoms with Crippen molar-refractivity contribution >= 4 is 29.3 Å². The molecule has 0 bridgehead atoms. The molecule has 0 saturated heterocycles. The summed E-state index contributed by atoms with van der Waals surface area (Å²) in [6.45, 7) is 4.45. The molecule has 0 aliphatic carbocycles. The first-order chi connectivity index (χ1) is 16.4. The molecular formula is C24H29N5O4S. The molecule has 1 aromatic heterocycles. The van der Waals surface area contributed by atoms with Gasteiger partial charge in [-0.3, -0.25) is 9.59 Å². The lowest BCUT2D eigenvalue weighted by molar-refractivity contribution is -0.121. The Morgan fingerprint density at radius 2 is 1.76 bits per heavy atom. The normalized spacial score (nSPS) is 11.5. The monoisotopic (exact) mass is 483 g/mol. The van der Waals surface area contributed by atoms with Gasteiger partial charge in [-0.25, -0.2) is 0 Å². The zero-order valence-corrected chi connectivity index (χ0v) is 20.5. The minimum Gasteiger partial charge on any atom is -0.497 e. The summed E-state index contributed by atoms with van der Waals surface area (Å²) in [7, 11) is 3.18. The molecule has 3 aromatic rings. The number of hydrogen-bond acceptors (Lipinski definition) is 7. The molecule has 1 heterocycles. The van der Waals surface area contributed by atoms with E-state index in [1.165, 1.54) is 11.8 Å². The molecule has 0 spiro atoms. The van der Waals surface area contributed by atoms with Gasteiger partial charge in [0.05, 0.1) is 32.4 Å². The number of thioether (sulfide) groups is 1. The zero-order chi connectivity index (χ0) is 24.5. The molecule has 0 saturated carbocycles. The second-order valence-electron chi connectivity index (χ2n) is 7.47. The summed E-state index contributed by atoms with van der Waals surface area (Å²) in [5.74, 6) is 1.95. The van der Waals surface area contributed by atoms with Crippen molar-refractivity contribution in [3.05, 3.63) is 59.9 Å². The van der Waals surface area contributed by atoms with Crippen LogP contribution in [0.5, 0.6) is 11.5 Å².